The van der Waals surface area contributed by atoms with Crippen LogP contribution in [0.15, 0.2) is 77.0 Å². The molecule has 0 spiro atoms. The Morgan fingerprint density at radius 1 is 0.967 bits per heavy atom. The lowest BCUT2D eigenvalue weighted by Crippen LogP contribution is -2.34. The lowest BCUT2D eigenvalue weighted by Gasteiger charge is -2.14. The van der Waals surface area contributed by atoms with Gasteiger partial charge in [-0.3, -0.25) is 9.59 Å². The zero-order chi connectivity index (χ0) is 21.3. The van der Waals surface area contributed by atoms with Gasteiger partial charge in [0, 0.05) is 23.7 Å². The Kier molecular flexibility index (Phi) is 6.89. The van der Waals surface area contributed by atoms with Gasteiger partial charge in [0.25, 0.3) is 11.8 Å². The van der Waals surface area contributed by atoms with Gasteiger partial charge in [-0.05, 0) is 30.3 Å². The molecule has 7 heteroatoms. The summed E-state index contributed by atoms with van der Waals surface area (Å²) in [5.41, 5.74) is 1.22. The van der Waals surface area contributed by atoms with E-state index < -0.39 is 11.8 Å². The van der Waals surface area contributed by atoms with Crippen LogP contribution in [0.3, 0.4) is 0 Å². The lowest BCUT2D eigenvalue weighted by molar-refractivity contribution is -0.117. The van der Waals surface area contributed by atoms with Crippen LogP contribution in [0.4, 0.5) is 0 Å². The van der Waals surface area contributed by atoms with Crippen LogP contribution in [-0.4, -0.2) is 26.0 Å². The quantitative estimate of drug-likeness (QED) is 0.560. The summed E-state index contributed by atoms with van der Waals surface area (Å²) in [7, 11) is 3.08. The second kappa shape index (κ2) is 9.97. The maximum Gasteiger partial charge on any atom is 0.268 e. The molecule has 3 rings (SSSR count). The van der Waals surface area contributed by atoms with Gasteiger partial charge in [-0.2, -0.15) is 0 Å². The third-order valence-corrected chi connectivity index (χ3v) is 4.28. The predicted octanol–water partition coefficient (Wildman–Crippen LogP) is 3.38. The molecule has 0 aliphatic rings. The van der Waals surface area contributed by atoms with Crippen molar-refractivity contribution in [1.29, 1.82) is 0 Å². The van der Waals surface area contributed by atoms with Crippen LogP contribution >= 0.6 is 0 Å². The molecule has 0 saturated heterocycles. The van der Waals surface area contributed by atoms with Crippen LogP contribution < -0.4 is 20.1 Å². The maximum absolute atomic E-state index is 12.9. The Morgan fingerprint density at radius 2 is 1.77 bits per heavy atom. The van der Waals surface area contributed by atoms with Gasteiger partial charge >= 0.3 is 0 Å². The molecule has 0 radical (unpaired) electrons. The topological polar surface area (TPSA) is 89.8 Å². The van der Waals surface area contributed by atoms with Crippen LogP contribution in [0.2, 0.25) is 0 Å². The van der Waals surface area contributed by atoms with E-state index in [-0.39, 0.29) is 12.2 Å². The minimum Gasteiger partial charge on any atom is -0.493 e. The number of para-hydroxylation sites is 1. The van der Waals surface area contributed by atoms with E-state index in [0.29, 0.717) is 22.8 Å². The van der Waals surface area contributed by atoms with E-state index in [9.17, 15) is 9.59 Å². The van der Waals surface area contributed by atoms with Crippen molar-refractivity contribution in [3.8, 4) is 11.5 Å². The van der Waals surface area contributed by atoms with Crippen molar-refractivity contribution in [3.05, 3.63) is 89.5 Å². The Bertz CT molecular complexity index is 1030. The van der Waals surface area contributed by atoms with Gasteiger partial charge < -0.3 is 24.5 Å². The third kappa shape index (κ3) is 5.08. The average Bonchev–Trinajstić information content (AvgIpc) is 3.30. The Labute approximate surface area is 174 Å². The minimum atomic E-state index is -0.472. The molecule has 0 unspecified atom stereocenters. The second-order valence-electron chi connectivity index (χ2n) is 6.23. The maximum atomic E-state index is 12.9. The van der Waals surface area contributed by atoms with Crippen LogP contribution in [-0.2, 0) is 11.3 Å². The van der Waals surface area contributed by atoms with Gasteiger partial charge in [-0.15, -0.1) is 0 Å². The van der Waals surface area contributed by atoms with Crippen LogP contribution in [0.5, 0.6) is 11.5 Å². The number of rotatable bonds is 8. The minimum absolute atomic E-state index is 0.0562. The molecule has 0 aliphatic heterocycles. The van der Waals surface area contributed by atoms with Gasteiger partial charge in [-0.1, -0.05) is 30.3 Å². The largest absolute Gasteiger partial charge is 0.493 e. The number of hydrogen-bond donors (Lipinski definition) is 2. The number of ether oxygens (including phenoxy) is 2. The third-order valence-electron chi connectivity index (χ3n) is 4.28. The molecule has 2 N–H and O–H groups in total. The van der Waals surface area contributed by atoms with E-state index in [1.54, 1.807) is 55.6 Å². The SMILES string of the molecule is COc1cccc(CNC(=O)C(=Cc2ccco2)NC(=O)c2ccccc2)c1OC. The molecule has 154 valence electrons. The Hall–Kier alpha value is -4.00. The monoisotopic (exact) mass is 406 g/mol. The molecule has 1 aromatic heterocycles. The predicted molar refractivity (Wildman–Crippen MR) is 112 cm³/mol. The number of carbonyl (C=O) groups excluding carboxylic acids is 2. The molecule has 7 nitrogen and oxygen atoms in total. The fourth-order valence-electron chi connectivity index (χ4n) is 2.82. The number of nitrogens with one attached hydrogen (secondary N) is 2. The first-order valence-corrected chi connectivity index (χ1v) is 9.22. The fraction of sp³-hybridized carbons (Fsp3) is 0.130. The van der Waals surface area contributed by atoms with E-state index in [0.717, 1.165) is 5.56 Å². The number of methoxy groups -OCH3 is 2. The molecule has 0 saturated carbocycles. The molecule has 2 aromatic carbocycles. The van der Waals surface area contributed by atoms with Crippen LogP contribution in [0.25, 0.3) is 6.08 Å². The second-order valence-corrected chi connectivity index (χ2v) is 6.23. The molecule has 0 atom stereocenters. The number of benzene rings is 2. The smallest absolute Gasteiger partial charge is 0.268 e. The van der Waals surface area contributed by atoms with Crippen molar-refractivity contribution in [1.82, 2.24) is 10.6 Å². The Balaban J connectivity index is 1.79. The lowest BCUT2D eigenvalue weighted by atomic mass is 10.1. The van der Waals surface area contributed by atoms with Crippen molar-refractivity contribution in [2.24, 2.45) is 0 Å². The first-order valence-electron chi connectivity index (χ1n) is 9.22. The van der Waals surface area contributed by atoms with E-state index >= 15 is 0 Å². The highest BCUT2D eigenvalue weighted by atomic mass is 16.5. The van der Waals surface area contributed by atoms with Gasteiger partial charge in [-0.25, -0.2) is 0 Å². The summed E-state index contributed by atoms with van der Waals surface area (Å²) in [5.74, 6) is 0.661. The molecule has 2 amide bonds. The summed E-state index contributed by atoms with van der Waals surface area (Å²) < 4.78 is 16.0. The normalized spacial score (nSPS) is 10.9. The van der Waals surface area contributed by atoms with Crippen LogP contribution in [0, 0.1) is 0 Å². The van der Waals surface area contributed by atoms with E-state index in [1.165, 1.54) is 19.4 Å². The average molecular weight is 406 g/mol. The summed E-state index contributed by atoms with van der Waals surface area (Å²) in [6.07, 6.45) is 2.96. The standard InChI is InChI=1S/C23H22N2O5/c1-28-20-12-6-10-17(21(20)29-2)15-24-23(27)19(14-18-11-7-13-30-18)25-22(26)16-8-4-3-5-9-16/h3-14H,15H2,1-2H3,(H,24,27)(H,25,26). The van der Waals surface area contributed by atoms with Gasteiger partial charge in [0.2, 0.25) is 0 Å². The van der Waals surface area contributed by atoms with Gasteiger partial charge in [0.05, 0.1) is 20.5 Å². The summed E-state index contributed by atoms with van der Waals surface area (Å²) in [6.45, 7) is 0.176. The number of furan rings is 1. The molecule has 0 fully saturated rings. The molecule has 0 aliphatic carbocycles. The fourth-order valence-corrected chi connectivity index (χ4v) is 2.82. The molecule has 0 bridgehead atoms. The highest BCUT2D eigenvalue weighted by Gasteiger charge is 2.16. The van der Waals surface area contributed by atoms with Crippen molar-refractivity contribution >= 4 is 17.9 Å². The summed E-state index contributed by atoms with van der Waals surface area (Å²) >= 11 is 0. The first kappa shape index (κ1) is 20.7. The van der Waals surface area contributed by atoms with Crippen molar-refractivity contribution in [2.45, 2.75) is 6.54 Å². The molecule has 3 aromatic rings. The van der Waals surface area contributed by atoms with E-state index in [1.807, 2.05) is 12.1 Å². The molecule has 1 heterocycles. The number of hydrogen-bond acceptors (Lipinski definition) is 5. The highest BCUT2D eigenvalue weighted by molar-refractivity contribution is 6.05. The molecular weight excluding hydrogens is 384 g/mol. The molecular formula is C23H22N2O5. The zero-order valence-electron chi connectivity index (χ0n) is 16.7. The van der Waals surface area contributed by atoms with Gasteiger partial charge in [0.1, 0.15) is 11.5 Å². The summed E-state index contributed by atoms with van der Waals surface area (Å²) in [5, 5.41) is 5.45. The zero-order valence-corrected chi connectivity index (χ0v) is 16.7. The first-order chi connectivity index (χ1) is 14.6. The highest BCUT2D eigenvalue weighted by Crippen LogP contribution is 2.30. The van der Waals surface area contributed by atoms with Crippen molar-refractivity contribution in [2.75, 3.05) is 14.2 Å². The van der Waals surface area contributed by atoms with E-state index in [4.69, 9.17) is 13.9 Å². The van der Waals surface area contributed by atoms with Crippen LogP contribution in [0.1, 0.15) is 21.7 Å². The van der Waals surface area contributed by atoms with Gasteiger partial charge in [0.15, 0.2) is 11.5 Å². The molecule has 30 heavy (non-hydrogen) atoms. The number of amides is 2. The summed E-state index contributed by atoms with van der Waals surface area (Å²) in [6, 6.07) is 17.4. The van der Waals surface area contributed by atoms with Crippen molar-refractivity contribution in [3.63, 3.8) is 0 Å². The number of carbonyl (C=O) groups is 2. The van der Waals surface area contributed by atoms with Crippen molar-refractivity contribution < 1.29 is 23.5 Å². The Morgan fingerprint density at radius 3 is 2.43 bits per heavy atom. The summed E-state index contributed by atoms with van der Waals surface area (Å²) in [4.78, 5) is 25.4. The van der Waals surface area contributed by atoms with E-state index in [2.05, 4.69) is 10.6 Å².